The first-order chi connectivity index (χ1) is 21.4. The monoisotopic (exact) mass is 553 g/mol. The fourth-order valence-electron chi connectivity index (χ4n) is 5.44. The fourth-order valence-corrected chi connectivity index (χ4v) is 5.73. The molecule has 0 saturated carbocycles. The lowest BCUT2D eigenvalue weighted by atomic mass is 10.0. The zero-order valence-corrected chi connectivity index (χ0v) is 22.8. The van der Waals surface area contributed by atoms with Crippen molar-refractivity contribution in [1.82, 2.24) is 0 Å². The van der Waals surface area contributed by atoms with Crippen molar-refractivity contribution in [2.45, 2.75) is 6.85 Å². The average molecular weight is 554 g/mol. The van der Waals surface area contributed by atoms with Gasteiger partial charge in [0, 0.05) is 31.9 Å². The van der Waals surface area contributed by atoms with Crippen molar-refractivity contribution in [3.8, 4) is 0 Å². The lowest BCUT2D eigenvalue weighted by molar-refractivity contribution is 0.619. The topological polar surface area (TPSA) is 19.6 Å². The largest absolute Gasteiger partial charge is 0.461 e. The Morgan fingerprint density at radius 2 is 1.05 bits per heavy atom. The smallest absolute Gasteiger partial charge is 0.143 e. The van der Waals surface area contributed by atoms with E-state index in [-0.39, 0.29) is 5.56 Å². The molecule has 7 rings (SSSR count). The number of nitrogens with zero attached hydrogens (tertiary/aromatic N) is 2. The van der Waals surface area contributed by atoms with E-state index in [0.29, 0.717) is 27.1 Å². The van der Waals surface area contributed by atoms with E-state index in [0.717, 1.165) is 33.8 Å². The molecule has 7 aromatic rings. The predicted molar refractivity (Wildman–Crippen MR) is 173 cm³/mol. The van der Waals surface area contributed by atoms with Crippen molar-refractivity contribution >= 4 is 67.5 Å². The van der Waals surface area contributed by atoms with Crippen LogP contribution in [0, 0.1) is 6.85 Å². The summed E-state index contributed by atoms with van der Waals surface area (Å²) in [5.41, 5.74) is 5.87. The molecule has 0 aliphatic rings. The van der Waals surface area contributed by atoms with Crippen molar-refractivity contribution in [2.24, 2.45) is 0 Å². The van der Waals surface area contributed by atoms with Crippen LogP contribution >= 0.6 is 11.6 Å². The van der Waals surface area contributed by atoms with Gasteiger partial charge in [-0.3, -0.25) is 0 Å². The van der Waals surface area contributed by atoms with Crippen LogP contribution in [0.1, 0.15) is 9.68 Å². The fraction of sp³-hybridized carbons (Fsp3) is 0.0270. The van der Waals surface area contributed by atoms with Crippen molar-refractivity contribution in [2.75, 3.05) is 9.80 Å². The first-order valence-corrected chi connectivity index (χ1v) is 13.8. The number of anilines is 6. The summed E-state index contributed by atoms with van der Waals surface area (Å²) < 4.78 is 31.2. The number of furan rings is 1. The Morgan fingerprint density at radius 3 is 1.63 bits per heavy atom. The first-order valence-electron chi connectivity index (χ1n) is 14.9. The highest BCUT2D eigenvalue weighted by atomic mass is 35.5. The van der Waals surface area contributed by atoms with Crippen LogP contribution in [0.25, 0.3) is 21.7 Å². The van der Waals surface area contributed by atoms with Crippen LogP contribution in [-0.2, 0) is 0 Å². The van der Waals surface area contributed by atoms with Crippen LogP contribution in [0.3, 0.4) is 0 Å². The van der Waals surface area contributed by atoms with Gasteiger partial charge in [0.05, 0.1) is 22.1 Å². The van der Waals surface area contributed by atoms with E-state index in [4.69, 9.17) is 20.1 Å². The van der Waals surface area contributed by atoms with Gasteiger partial charge in [-0.05, 0) is 72.4 Å². The van der Waals surface area contributed by atoms with Gasteiger partial charge in [0.2, 0.25) is 0 Å². The highest BCUT2D eigenvalue weighted by molar-refractivity contribution is 6.37. The quantitative estimate of drug-likeness (QED) is 0.204. The highest BCUT2D eigenvalue weighted by Crippen LogP contribution is 2.48. The Morgan fingerprint density at radius 1 is 0.537 bits per heavy atom. The Hall–Kier alpha value is -4.99. The van der Waals surface area contributed by atoms with E-state index in [1.165, 1.54) is 0 Å². The molecule has 1 heterocycles. The summed E-state index contributed by atoms with van der Waals surface area (Å²) in [5, 5.41) is 2.60. The van der Waals surface area contributed by atoms with E-state index in [2.05, 4.69) is 29.2 Å². The van der Waals surface area contributed by atoms with E-state index < -0.39 is 6.85 Å². The Labute approximate surface area is 248 Å². The van der Waals surface area contributed by atoms with Crippen LogP contribution in [-0.4, -0.2) is 0 Å². The second-order valence-corrected chi connectivity index (χ2v) is 10.1. The molecule has 0 spiro atoms. The van der Waals surface area contributed by atoms with Gasteiger partial charge in [-0.25, -0.2) is 0 Å². The third kappa shape index (κ3) is 4.41. The average Bonchev–Trinajstić information content (AvgIpc) is 3.47. The van der Waals surface area contributed by atoms with Gasteiger partial charge < -0.3 is 14.2 Å². The molecule has 0 unspecified atom stereocenters. The molecule has 0 amide bonds. The molecule has 0 fully saturated rings. The van der Waals surface area contributed by atoms with Crippen LogP contribution in [0.4, 0.5) is 34.1 Å². The van der Waals surface area contributed by atoms with Gasteiger partial charge in [0.1, 0.15) is 11.8 Å². The molecular formula is C37H27ClN2O. The zero-order valence-electron chi connectivity index (χ0n) is 25.0. The third-order valence-corrected chi connectivity index (χ3v) is 7.67. The number of benzene rings is 6. The molecule has 0 aliphatic heterocycles. The van der Waals surface area contributed by atoms with Crippen molar-refractivity contribution < 1.29 is 8.53 Å². The van der Waals surface area contributed by atoms with Gasteiger partial charge >= 0.3 is 0 Å². The van der Waals surface area contributed by atoms with Crippen molar-refractivity contribution in [1.29, 1.82) is 0 Å². The minimum absolute atomic E-state index is 0.274. The molecule has 0 N–H and O–H groups in total. The molecule has 0 bridgehead atoms. The standard InChI is InChI=1S/C37H27ClN2O/c1-26-24-32-35(25-41-37(32)31-21-12-11-20-30(26)31)40(29-18-9-4-10-19-29)34-23-13-22-33(36(34)38)39(27-14-5-2-6-15-27)28-16-7-3-8-17-28/h2-25H,1H3/i1D3. The molecule has 1 aromatic heterocycles. The van der Waals surface area contributed by atoms with Gasteiger partial charge in [0.25, 0.3) is 0 Å². The van der Waals surface area contributed by atoms with E-state index in [9.17, 15) is 0 Å². The van der Waals surface area contributed by atoms with Gasteiger partial charge in [-0.1, -0.05) is 96.5 Å². The summed E-state index contributed by atoms with van der Waals surface area (Å²) in [7, 11) is 0. The Balaban J connectivity index is 1.49. The maximum atomic E-state index is 8.32. The molecule has 0 radical (unpaired) electrons. The summed E-state index contributed by atoms with van der Waals surface area (Å²) in [6, 6.07) is 45.2. The van der Waals surface area contributed by atoms with E-state index in [1.54, 1.807) is 12.3 Å². The van der Waals surface area contributed by atoms with Crippen molar-refractivity contribution in [3.63, 3.8) is 0 Å². The Bertz CT molecular complexity index is 2040. The lowest BCUT2D eigenvalue weighted by Gasteiger charge is -2.30. The molecule has 0 aliphatic carbocycles. The highest BCUT2D eigenvalue weighted by Gasteiger charge is 2.24. The number of para-hydroxylation sites is 3. The summed E-state index contributed by atoms with van der Waals surface area (Å²) in [4.78, 5) is 4.16. The van der Waals surface area contributed by atoms with Gasteiger partial charge in [-0.15, -0.1) is 0 Å². The summed E-state index contributed by atoms with van der Waals surface area (Å²) in [6.45, 7) is -2.32. The summed E-state index contributed by atoms with van der Waals surface area (Å²) in [6.07, 6.45) is 1.68. The SMILES string of the molecule is [2H]C([2H])([2H])c1cc2c(N(c3ccccc3)c3cccc(N(c4ccccc4)c4ccccc4)c3Cl)coc2c2ccccc12. The number of fused-ring (bicyclic) bond motifs is 3. The van der Waals surface area contributed by atoms with Crippen LogP contribution in [0.2, 0.25) is 5.02 Å². The molecule has 6 aromatic carbocycles. The molecule has 0 saturated heterocycles. The summed E-state index contributed by atoms with van der Waals surface area (Å²) >= 11 is 7.41. The summed E-state index contributed by atoms with van der Waals surface area (Å²) in [5.74, 6) is 0. The molecule has 3 nitrogen and oxygen atoms in total. The maximum absolute atomic E-state index is 8.32. The van der Waals surface area contributed by atoms with E-state index >= 15 is 0 Å². The second kappa shape index (κ2) is 10.5. The van der Waals surface area contributed by atoms with Crippen LogP contribution < -0.4 is 9.80 Å². The maximum Gasteiger partial charge on any atom is 0.143 e. The van der Waals surface area contributed by atoms with Gasteiger partial charge in [0.15, 0.2) is 0 Å². The van der Waals surface area contributed by atoms with Crippen LogP contribution in [0.15, 0.2) is 150 Å². The molecule has 4 heteroatoms. The molecule has 41 heavy (non-hydrogen) atoms. The predicted octanol–water partition coefficient (Wildman–Crippen LogP) is 11.5. The van der Waals surface area contributed by atoms with Crippen molar-refractivity contribution in [3.05, 3.63) is 156 Å². The number of aryl methyl sites for hydroxylation is 1. The normalized spacial score (nSPS) is 12.6. The van der Waals surface area contributed by atoms with E-state index in [1.807, 2.05) is 114 Å². The first kappa shape index (κ1) is 21.8. The molecular weight excluding hydrogens is 524 g/mol. The Kier molecular flexibility index (Phi) is 5.60. The third-order valence-electron chi connectivity index (χ3n) is 7.28. The second-order valence-electron chi connectivity index (χ2n) is 9.76. The number of hydrogen-bond donors (Lipinski definition) is 0. The molecule has 0 atom stereocenters. The minimum Gasteiger partial charge on any atom is -0.461 e. The minimum atomic E-state index is -2.32. The zero-order chi connectivity index (χ0) is 30.3. The number of hydrogen-bond acceptors (Lipinski definition) is 3. The molecule has 198 valence electrons. The number of halogens is 1. The van der Waals surface area contributed by atoms with Gasteiger partial charge in [-0.2, -0.15) is 0 Å². The number of rotatable bonds is 6. The lowest BCUT2D eigenvalue weighted by Crippen LogP contribution is -2.14. The van der Waals surface area contributed by atoms with Crippen LogP contribution in [0.5, 0.6) is 0 Å².